The Kier molecular flexibility index (Phi) is 9.83. The van der Waals surface area contributed by atoms with Gasteiger partial charge in [0.2, 0.25) is 5.91 Å². The van der Waals surface area contributed by atoms with Gasteiger partial charge in [0.05, 0.1) is 19.6 Å². The average molecular weight is 528 g/mol. The van der Waals surface area contributed by atoms with Gasteiger partial charge in [0.25, 0.3) is 0 Å². The third-order valence-electron chi connectivity index (χ3n) is 5.57. The zero-order valence-electron chi connectivity index (χ0n) is 17.8. The van der Waals surface area contributed by atoms with Crippen molar-refractivity contribution >= 4 is 41.9 Å². The molecule has 2 aliphatic heterocycles. The topological polar surface area (TPSA) is 89.1 Å². The van der Waals surface area contributed by atoms with E-state index in [0.29, 0.717) is 25.2 Å². The maximum atomic E-state index is 11.6. The van der Waals surface area contributed by atoms with E-state index in [0.717, 1.165) is 38.4 Å². The summed E-state index contributed by atoms with van der Waals surface area (Å²) >= 11 is 0. The van der Waals surface area contributed by atoms with Crippen LogP contribution in [0.25, 0.3) is 0 Å². The number of nitrogens with zero attached hydrogens (tertiary/aromatic N) is 3. The van der Waals surface area contributed by atoms with Gasteiger partial charge in [-0.3, -0.25) is 19.6 Å². The summed E-state index contributed by atoms with van der Waals surface area (Å²) in [5, 5.41) is 9.30. The molecule has 30 heavy (non-hydrogen) atoms. The molecule has 2 heterocycles. The quantitative estimate of drug-likeness (QED) is 0.218. The van der Waals surface area contributed by atoms with Crippen molar-refractivity contribution in [3.8, 4) is 0 Å². The number of urea groups is 1. The van der Waals surface area contributed by atoms with Crippen LogP contribution < -0.4 is 16.0 Å². The first-order valence-electron chi connectivity index (χ1n) is 10.5. The molecule has 0 saturated carbocycles. The molecule has 2 saturated heterocycles. The lowest BCUT2D eigenvalue weighted by atomic mass is 10.0. The minimum absolute atomic E-state index is 0. The van der Waals surface area contributed by atoms with Crippen LogP contribution >= 0.6 is 24.0 Å². The molecule has 0 bridgehead atoms. The number of hydrogen-bond acceptors (Lipinski definition) is 4. The maximum Gasteiger partial charge on any atom is 0.324 e. The van der Waals surface area contributed by atoms with Crippen LogP contribution in [-0.2, 0) is 4.79 Å². The second kappa shape index (κ2) is 12.1. The number of likely N-dealkylation sites (tertiary alicyclic amines) is 1. The van der Waals surface area contributed by atoms with E-state index in [9.17, 15) is 9.59 Å². The molecule has 2 aliphatic rings. The van der Waals surface area contributed by atoms with Gasteiger partial charge in [-0.2, -0.15) is 0 Å². The first-order chi connectivity index (χ1) is 14.1. The second-order valence-electron chi connectivity index (χ2n) is 7.51. The van der Waals surface area contributed by atoms with E-state index in [-0.39, 0.29) is 42.5 Å². The number of hydrogen-bond donors (Lipinski definition) is 3. The summed E-state index contributed by atoms with van der Waals surface area (Å²) < 4.78 is 0. The van der Waals surface area contributed by atoms with Crippen molar-refractivity contribution in [2.45, 2.75) is 38.8 Å². The number of amides is 3. The Hall–Kier alpha value is -1.88. The van der Waals surface area contributed by atoms with E-state index in [4.69, 9.17) is 0 Å². The van der Waals surface area contributed by atoms with Crippen LogP contribution in [0.15, 0.2) is 35.3 Å². The number of carbonyl (C=O) groups is 2. The summed E-state index contributed by atoms with van der Waals surface area (Å²) in [6.45, 7) is 7.90. The Bertz CT molecular complexity index is 705. The lowest BCUT2D eigenvalue weighted by molar-refractivity contribution is -0.124. The lowest BCUT2D eigenvalue weighted by Crippen LogP contribution is -2.49. The van der Waals surface area contributed by atoms with Crippen LogP contribution in [0.4, 0.5) is 4.79 Å². The van der Waals surface area contributed by atoms with E-state index in [1.54, 1.807) is 0 Å². The van der Waals surface area contributed by atoms with Gasteiger partial charge >= 0.3 is 6.03 Å². The van der Waals surface area contributed by atoms with Crippen molar-refractivity contribution < 1.29 is 9.59 Å². The minimum Gasteiger partial charge on any atom is -0.357 e. The molecule has 9 heteroatoms. The molecule has 3 amide bonds. The van der Waals surface area contributed by atoms with E-state index in [2.05, 4.69) is 63.1 Å². The van der Waals surface area contributed by atoms with Gasteiger partial charge in [-0.05, 0) is 32.3 Å². The van der Waals surface area contributed by atoms with Gasteiger partial charge in [0.1, 0.15) is 0 Å². The molecular weight excluding hydrogens is 495 g/mol. The SMILES string of the molecule is CCNC(=NCCN1C(=O)CNC1=O)NC1CCN(C(C)c2ccccc2)CC1.I. The standard InChI is InChI=1S/C21H32N6O2.HI/c1-3-22-20(23-11-14-27-19(28)15-24-21(27)29)25-18-9-12-26(13-10-18)16(2)17-7-5-4-6-8-17;/h4-8,16,18H,3,9-15H2,1-2H3,(H,24,29)(H2,22,23,25);1H. The number of imide groups is 1. The van der Waals surface area contributed by atoms with E-state index >= 15 is 0 Å². The number of piperidine rings is 1. The summed E-state index contributed by atoms with van der Waals surface area (Å²) in [5.41, 5.74) is 1.36. The van der Waals surface area contributed by atoms with Gasteiger partial charge in [0, 0.05) is 31.7 Å². The monoisotopic (exact) mass is 528 g/mol. The van der Waals surface area contributed by atoms with Gasteiger partial charge in [-0.15, -0.1) is 24.0 Å². The molecule has 1 aromatic carbocycles. The van der Waals surface area contributed by atoms with E-state index < -0.39 is 0 Å². The summed E-state index contributed by atoms with van der Waals surface area (Å²) in [6.07, 6.45) is 2.10. The molecule has 1 aromatic rings. The number of rotatable bonds is 7. The molecular formula is C21H33IN6O2. The van der Waals surface area contributed by atoms with E-state index in [1.807, 2.05) is 6.92 Å². The zero-order chi connectivity index (χ0) is 20.6. The minimum atomic E-state index is -0.330. The maximum absolute atomic E-state index is 11.6. The lowest BCUT2D eigenvalue weighted by Gasteiger charge is -2.37. The molecule has 3 rings (SSSR count). The fourth-order valence-electron chi connectivity index (χ4n) is 3.83. The number of carbonyl (C=O) groups excluding carboxylic acids is 2. The van der Waals surface area contributed by atoms with Crippen molar-refractivity contribution in [1.29, 1.82) is 0 Å². The number of benzene rings is 1. The van der Waals surface area contributed by atoms with E-state index in [1.165, 1.54) is 10.5 Å². The highest BCUT2D eigenvalue weighted by molar-refractivity contribution is 14.0. The van der Waals surface area contributed by atoms with Gasteiger partial charge < -0.3 is 16.0 Å². The van der Waals surface area contributed by atoms with Crippen molar-refractivity contribution in [1.82, 2.24) is 25.8 Å². The molecule has 1 atom stereocenters. The van der Waals surface area contributed by atoms with Crippen LogP contribution in [0.5, 0.6) is 0 Å². The first kappa shape index (κ1) is 24.4. The van der Waals surface area contributed by atoms with Gasteiger partial charge in [-0.1, -0.05) is 30.3 Å². The van der Waals surface area contributed by atoms with Gasteiger partial charge in [0.15, 0.2) is 5.96 Å². The molecule has 0 radical (unpaired) electrons. The number of guanidine groups is 1. The van der Waals surface area contributed by atoms with Crippen molar-refractivity contribution in [3.05, 3.63) is 35.9 Å². The number of nitrogens with one attached hydrogen (secondary N) is 3. The van der Waals surface area contributed by atoms with Crippen LogP contribution in [-0.4, -0.2) is 73.0 Å². The molecule has 0 aromatic heterocycles. The average Bonchev–Trinajstić information content (AvgIpc) is 3.06. The van der Waals surface area contributed by atoms with Crippen LogP contribution in [0, 0.1) is 0 Å². The summed E-state index contributed by atoms with van der Waals surface area (Å²) in [7, 11) is 0. The predicted molar refractivity (Wildman–Crippen MR) is 129 cm³/mol. The Balaban J connectivity index is 0.00000320. The van der Waals surface area contributed by atoms with Crippen molar-refractivity contribution in [2.24, 2.45) is 4.99 Å². The molecule has 8 nitrogen and oxygen atoms in total. The smallest absolute Gasteiger partial charge is 0.324 e. The highest BCUT2D eigenvalue weighted by Crippen LogP contribution is 2.23. The van der Waals surface area contributed by atoms with Crippen molar-refractivity contribution in [2.75, 3.05) is 39.3 Å². The Morgan fingerprint density at radius 1 is 1.23 bits per heavy atom. The van der Waals surface area contributed by atoms with Crippen molar-refractivity contribution in [3.63, 3.8) is 0 Å². The summed E-state index contributed by atoms with van der Waals surface area (Å²) in [6, 6.07) is 11.1. The Morgan fingerprint density at radius 2 is 1.93 bits per heavy atom. The Labute approximate surface area is 195 Å². The third kappa shape index (κ3) is 6.56. The highest BCUT2D eigenvalue weighted by Gasteiger charge is 2.28. The normalized spacial score (nSPS) is 19.3. The van der Waals surface area contributed by atoms with Crippen LogP contribution in [0.1, 0.15) is 38.3 Å². The molecule has 166 valence electrons. The molecule has 0 spiro atoms. The third-order valence-corrected chi connectivity index (χ3v) is 5.57. The van der Waals surface area contributed by atoms with Crippen LogP contribution in [0.2, 0.25) is 0 Å². The molecule has 2 fully saturated rings. The molecule has 1 unspecified atom stereocenters. The largest absolute Gasteiger partial charge is 0.357 e. The molecule has 0 aliphatic carbocycles. The second-order valence-corrected chi connectivity index (χ2v) is 7.51. The fourth-order valence-corrected chi connectivity index (χ4v) is 3.83. The highest BCUT2D eigenvalue weighted by atomic mass is 127. The molecule has 3 N–H and O–H groups in total. The van der Waals surface area contributed by atoms with Crippen LogP contribution in [0.3, 0.4) is 0 Å². The summed E-state index contributed by atoms with van der Waals surface area (Å²) in [4.78, 5) is 31.5. The van der Waals surface area contributed by atoms with Gasteiger partial charge in [-0.25, -0.2) is 4.79 Å². The number of halogens is 1. The Morgan fingerprint density at radius 3 is 2.53 bits per heavy atom. The predicted octanol–water partition coefficient (Wildman–Crippen LogP) is 1.94. The zero-order valence-corrected chi connectivity index (χ0v) is 20.1. The fraction of sp³-hybridized carbons (Fsp3) is 0.571. The number of aliphatic imine (C=N–C) groups is 1. The summed E-state index contributed by atoms with van der Waals surface area (Å²) in [5.74, 6) is 0.553. The first-order valence-corrected chi connectivity index (χ1v) is 10.5.